The topological polar surface area (TPSA) is 63.0 Å². The van der Waals surface area contributed by atoms with Crippen molar-refractivity contribution in [2.24, 2.45) is 0 Å². The lowest BCUT2D eigenvalue weighted by molar-refractivity contribution is 0.0941. The van der Waals surface area contributed by atoms with E-state index in [1.165, 1.54) is 0 Å². The summed E-state index contributed by atoms with van der Waals surface area (Å²) in [6, 6.07) is 21.1. The van der Waals surface area contributed by atoms with Crippen LogP contribution in [0.2, 0.25) is 0 Å². The molecule has 2 aromatic carbocycles. The summed E-state index contributed by atoms with van der Waals surface area (Å²) in [7, 11) is 0. The maximum Gasteiger partial charge on any atom is 0.270 e. The van der Waals surface area contributed by atoms with Crippen LogP contribution in [-0.2, 0) is 6.54 Å². The molecule has 0 bridgehead atoms. The zero-order chi connectivity index (χ0) is 19.5. The lowest BCUT2D eigenvalue weighted by Crippen LogP contribution is -2.25. The zero-order valence-corrected chi connectivity index (χ0v) is 17.1. The predicted molar refractivity (Wildman–Crippen MR) is 114 cm³/mol. The number of carbonyl (C=O) groups is 1. The third kappa shape index (κ3) is 3.85. The van der Waals surface area contributed by atoms with E-state index in [1.807, 2.05) is 66.7 Å². The van der Waals surface area contributed by atoms with Gasteiger partial charge in [-0.15, -0.1) is 0 Å². The highest BCUT2D eigenvalue weighted by Crippen LogP contribution is 2.24. The number of rotatable bonds is 5. The predicted octanol–water partition coefficient (Wildman–Crippen LogP) is 5.49. The summed E-state index contributed by atoms with van der Waals surface area (Å²) >= 11 is 8.74. The average molecular weight is 454 g/mol. The Morgan fingerprint density at radius 1 is 1.07 bits per heavy atom. The minimum absolute atomic E-state index is 0.238. The van der Waals surface area contributed by atoms with Crippen LogP contribution in [0.3, 0.4) is 0 Å². The molecule has 2 N–H and O–H groups in total. The van der Waals surface area contributed by atoms with Gasteiger partial charge in [-0.1, -0.05) is 46.3 Å². The van der Waals surface area contributed by atoms with Crippen LogP contribution in [0.15, 0.2) is 81.8 Å². The van der Waals surface area contributed by atoms with Crippen LogP contribution < -0.4 is 5.32 Å². The van der Waals surface area contributed by atoms with Crippen molar-refractivity contribution >= 4 is 34.1 Å². The number of benzene rings is 2. The average Bonchev–Trinajstić information content (AvgIpc) is 3.34. The molecule has 0 atom stereocenters. The molecule has 5 nitrogen and oxygen atoms in total. The number of halogens is 1. The summed E-state index contributed by atoms with van der Waals surface area (Å²) in [6.07, 6.45) is 1.61. The van der Waals surface area contributed by atoms with Gasteiger partial charge < -0.3 is 14.7 Å². The second kappa shape index (κ2) is 8.00. The van der Waals surface area contributed by atoms with E-state index in [0.717, 1.165) is 21.5 Å². The Morgan fingerprint density at radius 3 is 2.57 bits per heavy atom. The van der Waals surface area contributed by atoms with Crippen LogP contribution in [0.1, 0.15) is 16.2 Å². The van der Waals surface area contributed by atoms with E-state index in [-0.39, 0.29) is 12.5 Å². The molecule has 0 aliphatic carbocycles. The molecule has 28 heavy (non-hydrogen) atoms. The van der Waals surface area contributed by atoms with E-state index >= 15 is 0 Å². The SMILES string of the molecule is O=C(NCc1ccc(-c2ccc(Br)cc2)o1)c1c[nH]c(=S)n1-c1ccccc1. The van der Waals surface area contributed by atoms with Crippen molar-refractivity contribution in [1.82, 2.24) is 14.9 Å². The fourth-order valence-electron chi connectivity index (χ4n) is 2.87. The second-order valence-electron chi connectivity index (χ2n) is 6.11. The molecule has 0 aliphatic rings. The lowest BCUT2D eigenvalue weighted by atomic mass is 10.2. The Labute approximate surface area is 175 Å². The van der Waals surface area contributed by atoms with Crippen molar-refractivity contribution in [3.63, 3.8) is 0 Å². The molecule has 4 rings (SSSR count). The summed E-state index contributed by atoms with van der Waals surface area (Å²) in [5.74, 6) is 1.19. The van der Waals surface area contributed by atoms with E-state index < -0.39 is 0 Å². The smallest absolute Gasteiger partial charge is 0.270 e. The molecule has 0 radical (unpaired) electrons. The summed E-state index contributed by atoms with van der Waals surface area (Å²) in [5.41, 5.74) is 2.24. The first-order valence-corrected chi connectivity index (χ1v) is 9.80. The van der Waals surface area contributed by atoms with Gasteiger partial charge in [-0.25, -0.2) is 0 Å². The molecule has 1 amide bonds. The van der Waals surface area contributed by atoms with Crippen LogP contribution in [0.4, 0.5) is 0 Å². The van der Waals surface area contributed by atoms with Gasteiger partial charge in [0.2, 0.25) is 0 Å². The number of nitrogens with one attached hydrogen (secondary N) is 2. The number of aromatic nitrogens is 2. The lowest BCUT2D eigenvalue weighted by Gasteiger charge is -2.08. The number of H-pyrrole nitrogens is 1. The van der Waals surface area contributed by atoms with Gasteiger partial charge >= 0.3 is 0 Å². The quantitative estimate of drug-likeness (QED) is 0.392. The van der Waals surface area contributed by atoms with Crippen molar-refractivity contribution in [3.05, 3.63) is 93.6 Å². The Hall–Kier alpha value is -2.90. The van der Waals surface area contributed by atoms with Crippen molar-refractivity contribution in [2.45, 2.75) is 6.54 Å². The molecule has 0 saturated carbocycles. The van der Waals surface area contributed by atoms with Crippen LogP contribution in [0, 0.1) is 4.77 Å². The second-order valence-corrected chi connectivity index (χ2v) is 7.41. The van der Waals surface area contributed by atoms with Crippen molar-refractivity contribution < 1.29 is 9.21 Å². The molecular formula is C21H16BrN3O2S. The molecule has 0 spiro atoms. The summed E-state index contributed by atoms with van der Waals surface area (Å²) in [6.45, 7) is 0.280. The highest BCUT2D eigenvalue weighted by Gasteiger charge is 2.15. The molecule has 140 valence electrons. The summed E-state index contributed by atoms with van der Waals surface area (Å²) < 4.78 is 9.03. The molecule has 7 heteroatoms. The first-order chi connectivity index (χ1) is 13.6. The largest absolute Gasteiger partial charge is 0.459 e. The number of carbonyl (C=O) groups excluding carboxylic acids is 1. The molecule has 0 unspecified atom stereocenters. The first kappa shape index (κ1) is 18.5. The summed E-state index contributed by atoms with van der Waals surface area (Å²) in [4.78, 5) is 15.6. The van der Waals surface area contributed by atoms with E-state index in [9.17, 15) is 4.79 Å². The highest BCUT2D eigenvalue weighted by molar-refractivity contribution is 9.10. The molecule has 0 aliphatic heterocycles. The van der Waals surface area contributed by atoms with Gasteiger partial charge in [0.05, 0.1) is 6.54 Å². The summed E-state index contributed by atoms with van der Waals surface area (Å²) in [5, 5.41) is 2.89. The van der Waals surface area contributed by atoms with Gasteiger partial charge in [-0.2, -0.15) is 0 Å². The van der Waals surface area contributed by atoms with Gasteiger partial charge in [0.15, 0.2) is 4.77 Å². The Kier molecular flexibility index (Phi) is 5.27. The van der Waals surface area contributed by atoms with E-state index in [4.69, 9.17) is 16.6 Å². The number of amides is 1. The van der Waals surface area contributed by atoms with Crippen LogP contribution in [-0.4, -0.2) is 15.5 Å². The molecule has 2 aromatic heterocycles. The maximum absolute atomic E-state index is 12.7. The molecule has 0 fully saturated rings. The van der Waals surface area contributed by atoms with E-state index in [2.05, 4.69) is 26.2 Å². The number of furan rings is 1. The number of imidazole rings is 1. The van der Waals surface area contributed by atoms with Crippen LogP contribution in [0.5, 0.6) is 0 Å². The van der Waals surface area contributed by atoms with Crippen molar-refractivity contribution in [2.75, 3.05) is 0 Å². The Bertz CT molecular complexity index is 1160. The number of para-hydroxylation sites is 1. The Morgan fingerprint density at radius 2 is 1.82 bits per heavy atom. The molecule has 4 aromatic rings. The standard InChI is InChI=1S/C21H16BrN3O2S/c22-15-8-6-14(7-9-15)19-11-10-17(27-19)12-23-20(26)18-13-24-21(28)25(18)16-4-2-1-3-5-16/h1-11,13H,12H2,(H,23,26)(H,24,28). The van der Waals surface area contributed by atoms with Crippen LogP contribution >= 0.6 is 28.1 Å². The van der Waals surface area contributed by atoms with Crippen molar-refractivity contribution in [3.8, 4) is 17.0 Å². The van der Waals surface area contributed by atoms with Gasteiger partial charge in [-0.05, 0) is 48.6 Å². The number of nitrogens with zero attached hydrogens (tertiary/aromatic N) is 1. The minimum Gasteiger partial charge on any atom is -0.459 e. The number of aromatic amines is 1. The van der Waals surface area contributed by atoms with E-state index in [1.54, 1.807) is 10.8 Å². The van der Waals surface area contributed by atoms with Gasteiger partial charge in [0.1, 0.15) is 17.2 Å². The zero-order valence-electron chi connectivity index (χ0n) is 14.7. The highest BCUT2D eigenvalue weighted by atomic mass is 79.9. The van der Waals surface area contributed by atoms with E-state index in [0.29, 0.717) is 16.2 Å². The monoisotopic (exact) mass is 453 g/mol. The normalized spacial score (nSPS) is 10.8. The fourth-order valence-corrected chi connectivity index (χ4v) is 3.40. The van der Waals surface area contributed by atoms with Gasteiger partial charge in [0, 0.05) is 21.9 Å². The maximum atomic E-state index is 12.7. The molecule has 0 saturated heterocycles. The molecule has 2 heterocycles. The Balaban J connectivity index is 1.49. The fraction of sp³-hybridized carbons (Fsp3) is 0.0476. The third-order valence-corrected chi connectivity index (χ3v) is 5.07. The van der Waals surface area contributed by atoms with Gasteiger partial charge in [-0.3, -0.25) is 9.36 Å². The number of hydrogen-bond acceptors (Lipinski definition) is 3. The molecular weight excluding hydrogens is 438 g/mol. The van der Waals surface area contributed by atoms with Crippen molar-refractivity contribution in [1.29, 1.82) is 0 Å². The first-order valence-electron chi connectivity index (χ1n) is 8.60. The van der Waals surface area contributed by atoms with Crippen LogP contribution in [0.25, 0.3) is 17.0 Å². The number of hydrogen-bond donors (Lipinski definition) is 2. The third-order valence-electron chi connectivity index (χ3n) is 4.24. The van der Waals surface area contributed by atoms with Gasteiger partial charge in [0.25, 0.3) is 5.91 Å². The minimum atomic E-state index is -0.238.